The summed E-state index contributed by atoms with van der Waals surface area (Å²) >= 11 is 1.04. The summed E-state index contributed by atoms with van der Waals surface area (Å²) in [4.78, 5) is 22.2. The molecule has 1 unspecified atom stereocenters. The van der Waals surface area contributed by atoms with E-state index >= 15 is 0 Å². The van der Waals surface area contributed by atoms with Crippen molar-refractivity contribution in [1.82, 2.24) is 5.32 Å². The van der Waals surface area contributed by atoms with E-state index in [-0.39, 0.29) is 17.5 Å². The summed E-state index contributed by atoms with van der Waals surface area (Å²) in [5.74, 6) is -0.195. The van der Waals surface area contributed by atoms with Crippen LogP contribution in [0.4, 0.5) is 0 Å². The summed E-state index contributed by atoms with van der Waals surface area (Å²) in [5, 5.41) is 18.6. The molecular weight excluding hydrogens is 322 g/mol. The SMILES string of the molecule is COc1ccc(/C=N/N=C2/NC(=O)C(CC(=O)O)S2)c(OC)c1. The number of ether oxygens (including phenoxy) is 2. The first-order chi connectivity index (χ1) is 11.0. The molecule has 0 bridgehead atoms. The van der Waals surface area contributed by atoms with E-state index in [1.165, 1.54) is 13.3 Å². The Bertz CT molecular complexity index is 674. The largest absolute Gasteiger partial charge is 0.497 e. The lowest BCUT2D eigenvalue weighted by atomic mass is 10.2. The smallest absolute Gasteiger partial charge is 0.305 e. The third kappa shape index (κ3) is 4.46. The molecule has 1 aromatic carbocycles. The maximum absolute atomic E-state index is 11.6. The number of carbonyl (C=O) groups is 2. The van der Waals surface area contributed by atoms with E-state index in [0.717, 1.165) is 11.8 Å². The summed E-state index contributed by atoms with van der Waals surface area (Å²) in [6.07, 6.45) is 1.22. The number of carboxylic acid groups (broad SMARTS) is 1. The molecule has 23 heavy (non-hydrogen) atoms. The number of nitrogens with one attached hydrogen (secondary N) is 1. The molecule has 0 aliphatic carbocycles. The monoisotopic (exact) mass is 337 g/mol. The average Bonchev–Trinajstić information content (AvgIpc) is 2.86. The minimum atomic E-state index is -1.04. The van der Waals surface area contributed by atoms with E-state index in [1.807, 2.05) is 0 Å². The molecule has 1 heterocycles. The summed E-state index contributed by atoms with van der Waals surface area (Å²) in [5.41, 5.74) is 0.689. The van der Waals surface area contributed by atoms with Crippen molar-refractivity contribution in [2.75, 3.05) is 14.2 Å². The number of carboxylic acids is 1. The quantitative estimate of drug-likeness (QED) is 0.594. The van der Waals surface area contributed by atoms with Crippen LogP contribution in [0, 0.1) is 0 Å². The number of thioether (sulfide) groups is 1. The standard InChI is InChI=1S/C14H15N3O5S/c1-21-9-4-3-8(10(5-9)22-2)7-15-17-14-16-13(20)11(23-14)6-12(18)19/h3-5,7,11H,6H2,1-2H3,(H,18,19)(H,16,17,20)/b15-7+. The van der Waals surface area contributed by atoms with Crippen LogP contribution in [0.25, 0.3) is 0 Å². The number of amidine groups is 1. The van der Waals surface area contributed by atoms with E-state index in [2.05, 4.69) is 15.5 Å². The molecule has 0 saturated carbocycles. The Hall–Kier alpha value is -2.55. The van der Waals surface area contributed by atoms with Gasteiger partial charge in [0.2, 0.25) is 5.91 Å². The lowest BCUT2D eigenvalue weighted by Gasteiger charge is -2.06. The van der Waals surface area contributed by atoms with Crippen LogP contribution in [0.2, 0.25) is 0 Å². The highest BCUT2D eigenvalue weighted by Gasteiger charge is 2.32. The molecule has 0 aromatic heterocycles. The second-order valence-electron chi connectivity index (χ2n) is 4.45. The highest BCUT2D eigenvalue weighted by molar-refractivity contribution is 8.15. The van der Waals surface area contributed by atoms with Crippen LogP contribution in [-0.4, -0.2) is 47.8 Å². The Morgan fingerprint density at radius 3 is 2.87 bits per heavy atom. The minimum absolute atomic E-state index is 0.258. The third-order valence-corrected chi connectivity index (χ3v) is 3.99. The van der Waals surface area contributed by atoms with Gasteiger partial charge in [0, 0.05) is 11.6 Å². The van der Waals surface area contributed by atoms with Crippen LogP contribution in [0.1, 0.15) is 12.0 Å². The van der Waals surface area contributed by atoms with Crippen molar-refractivity contribution in [3.05, 3.63) is 23.8 Å². The van der Waals surface area contributed by atoms with E-state index in [4.69, 9.17) is 14.6 Å². The first-order valence-electron chi connectivity index (χ1n) is 6.56. The van der Waals surface area contributed by atoms with Gasteiger partial charge in [-0.2, -0.15) is 5.10 Å². The number of carbonyl (C=O) groups excluding carboxylic acids is 1. The van der Waals surface area contributed by atoms with Crippen molar-refractivity contribution < 1.29 is 24.2 Å². The third-order valence-electron chi connectivity index (χ3n) is 2.92. The summed E-state index contributed by atoms with van der Waals surface area (Å²) in [6, 6.07) is 5.23. The van der Waals surface area contributed by atoms with Gasteiger partial charge < -0.3 is 19.9 Å². The van der Waals surface area contributed by atoms with Gasteiger partial charge in [-0.05, 0) is 12.1 Å². The van der Waals surface area contributed by atoms with E-state index in [1.54, 1.807) is 25.3 Å². The predicted molar refractivity (Wildman–Crippen MR) is 86.3 cm³/mol. The second kappa shape index (κ2) is 7.63. The first-order valence-corrected chi connectivity index (χ1v) is 7.44. The molecular formula is C14H15N3O5S. The topological polar surface area (TPSA) is 110 Å². The highest BCUT2D eigenvalue weighted by Crippen LogP contribution is 2.24. The first kappa shape index (κ1) is 16.8. The van der Waals surface area contributed by atoms with Crippen molar-refractivity contribution in [2.24, 2.45) is 10.2 Å². The number of rotatable bonds is 6. The lowest BCUT2D eigenvalue weighted by Crippen LogP contribution is -2.26. The fourth-order valence-electron chi connectivity index (χ4n) is 1.81. The molecule has 122 valence electrons. The fraction of sp³-hybridized carbons (Fsp3) is 0.286. The number of aliphatic carboxylic acids is 1. The van der Waals surface area contributed by atoms with Gasteiger partial charge in [-0.15, -0.1) is 5.10 Å². The Morgan fingerprint density at radius 1 is 1.43 bits per heavy atom. The van der Waals surface area contributed by atoms with Crippen molar-refractivity contribution in [2.45, 2.75) is 11.7 Å². The zero-order valence-corrected chi connectivity index (χ0v) is 13.3. The lowest BCUT2D eigenvalue weighted by molar-refractivity contribution is -0.138. The van der Waals surface area contributed by atoms with Gasteiger partial charge in [-0.3, -0.25) is 9.59 Å². The van der Waals surface area contributed by atoms with Crippen LogP contribution in [0.5, 0.6) is 11.5 Å². The molecule has 1 fully saturated rings. The number of benzene rings is 1. The van der Waals surface area contributed by atoms with Crippen LogP contribution >= 0.6 is 11.8 Å². The van der Waals surface area contributed by atoms with Gasteiger partial charge in [-0.25, -0.2) is 0 Å². The number of amides is 1. The summed E-state index contributed by atoms with van der Waals surface area (Å²) in [7, 11) is 3.09. The molecule has 1 aliphatic heterocycles. The molecule has 9 heteroatoms. The van der Waals surface area contributed by atoms with Crippen LogP contribution in [0.15, 0.2) is 28.4 Å². The van der Waals surface area contributed by atoms with Gasteiger partial charge in [0.25, 0.3) is 0 Å². The molecule has 2 rings (SSSR count). The molecule has 1 saturated heterocycles. The Labute approximate surface area is 136 Å². The maximum atomic E-state index is 11.6. The van der Waals surface area contributed by atoms with E-state index < -0.39 is 11.2 Å². The van der Waals surface area contributed by atoms with Gasteiger partial charge >= 0.3 is 5.97 Å². The Morgan fingerprint density at radius 2 is 2.22 bits per heavy atom. The number of methoxy groups -OCH3 is 2. The van der Waals surface area contributed by atoms with Crippen LogP contribution < -0.4 is 14.8 Å². The van der Waals surface area contributed by atoms with E-state index in [0.29, 0.717) is 17.1 Å². The Balaban J connectivity index is 2.07. The van der Waals surface area contributed by atoms with Crippen molar-refractivity contribution in [3.63, 3.8) is 0 Å². The van der Waals surface area contributed by atoms with Gasteiger partial charge in [-0.1, -0.05) is 11.8 Å². The second-order valence-corrected chi connectivity index (χ2v) is 5.64. The average molecular weight is 337 g/mol. The van der Waals surface area contributed by atoms with E-state index in [9.17, 15) is 9.59 Å². The molecule has 8 nitrogen and oxygen atoms in total. The highest BCUT2D eigenvalue weighted by atomic mass is 32.2. The van der Waals surface area contributed by atoms with Gasteiger partial charge in [0.15, 0.2) is 5.17 Å². The molecule has 1 aliphatic rings. The summed E-state index contributed by atoms with van der Waals surface area (Å²) < 4.78 is 10.3. The van der Waals surface area contributed by atoms with Crippen molar-refractivity contribution >= 4 is 35.0 Å². The number of hydrogen-bond acceptors (Lipinski definition) is 7. The van der Waals surface area contributed by atoms with Crippen molar-refractivity contribution in [3.8, 4) is 11.5 Å². The fourth-order valence-corrected chi connectivity index (χ4v) is 2.73. The molecule has 0 radical (unpaired) electrons. The molecule has 1 atom stereocenters. The van der Waals surface area contributed by atoms with Crippen molar-refractivity contribution in [1.29, 1.82) is 0 Å². The zero-order chi connectivity index (χ0) is 16.8. The summed E-state index contributed by atoms with van der Waals surface area (Å²) in [6.45, 7) is 0. The normalized spacial score (nSPS) is 19.1. The molecule has 0 spiro atoms. The predicted octanol–water partition coefficient (Wildman–Crippen LogP) is 1.10. The van der Waals surface area contributed by atoms with Gasteiger partial charge in [0.1, 0.15) is 16.7 Å². The number of nitrogens with zero attached hydrogens (tertiary/aromatic N) is 2. The number of hydrogen-bond donors (Lipinski definition) is 2. The molecule has 1 amide bonds. The maximum Gasteiger partial charge on any atom is 0.305 e. The van der Waals surface area contributed by atoms with Crippen LogP contribution in [-0.2, 0) is 9.59 Å². The molecule has 2 N–H and O–H groups in total. The zero-order valence-electron chi connectivity index (χ0n) is 12.5. The van der Waals surface area contributed by atoms with Gasteiger partial charge in [0.05, 0.1) is 26.9 Å². The van der Waals surface area contributed by atoms with Crippen LogP contribution in [0.3, 0.4) is 0 Å². The Kier molecular flexibility index (Phi) is 5.58. The minimum Gasteiger partial charge on any atom is -0.497 e. The molecule has 1 aromatic rings.